The van der Waals surface area contributed by atoms with E-state index in [-0.39, 0.29) is 29.3 Å². The Bertz CT molecular complexity index is 858. The van der Waals surface area contributed by atoms with Crippen LogP contribution in [0.15, 0.2) is 59.5 Å². The number of hydrogen-bond donors (Lipinski definition) is 3. The number of carbonyl (C=O) groups is 1. The third-order valence-electron chi connectivity index (χ3n) is 4.60. The molecule has 0 aromatic heterocycles. The first-order chi connectivity index (χ1) is 12.5. The minimum absolute atomic E-state index is 0. The third-order valence-corrected chi connectivity index (χ3v) is 5.99. The summed E-state index contributed by atoms with van der Waals surface area (Å²) in [5, 5.41) is 6.29. The number of rotatable bonds is 5. The average Bonchev–Trinajstić information content (AvgIpc) is 2.64. The van der Waals surface area contributed by atoms with E-state index in [0.29, 0.717) is 17.2 Å². The fourth-order valence-corrected chi connectivity index (χ4v) is 4.00. The van der Waals surface area contributed by atoms with Crippen molar-refractivity contribution in [1.82, 2.24) is 10.6 Å². The van der Waals surface area contributed by atoms with Crippen LogP contribution in [0.3, 0.4) is 0 Å². The van der Waals surface area contributed by atoms with Gasteiger partial charge in [0.2, 0.25) is 0 Å². The number of nitrogens with one attached hydrogen (secondary N) is 3. The van der Waals surface area contributed by atoms with Crippen LogP contribution in [0.2, 0.25) is 0 Å². The lowest BCUT2D eigenvalue weighted by molar-refractivity contribution is 0.0915. The summed E-state index contributed by atoms with van der Waals surface area (Å²) in [6, 6.07) is 14.7. The number of para-hydroxylation sites is 1. The SMILES string of the molecule is CC1CCNCC1NC(=O)c1ccc(S(=O)(=O)Nc2ccccc2)cc1.Cl. The molecule has 27 heavy (non-hydrogen) atoms. The van der Waals surface area contributed by atoms with Crippen LogP contribution in [0.5, 0.6) is 0 Å². The van der Waals surface area contributed by atoms with Crippen molar-refractivity contribution in [3.8, 4) is 0 Å². The van der Waals surface area contributed by atoms with Crippen LogP contribution in [0.1, 0.15) is 23.7 Å². The monoisotopic (exact) mass is 409 g/mol. The average molecular weight is 410 g/mol. The molecule has 6 nitrogen and oxygen atoms in total. The van der Waals surface area contributed by atoms with Gasteiger partial charge in [-0.3, -0.25) is 9.52 Å². The highest BCUT2D eigenvalue weighted by Gasteiger charge is 2.23. The fraction of sp³-hybridized carbons (Fsp3) is 0.316. The maximum absolute atomic E-state index is 12.4. The van der Waals surface area contributed by atoms with Crippen LogP contribution >= 0.6 is 12.4 Å². The molecule has 0 spiro atoms. The van der Waals surface area contributed by atoms with Gasteiger partial charge in [-0.25, -0.2) is 8.42 Å². The van der Waals surface area contributed by atoms with Crippen LogP contribution in [0, 0.1) is 5.92 Å². The molecule has 8 heteroatoms. The summed E-state index contributed by atoms with van der Waals surface area (Å²) in [7, 11) is -3.68. The number of piperidine rings is 1. The zero-order valence-corrected chi connectivity index (χ0v) is 16.6. The normalized spacial score (nSPS) is 19.6. The number of sulfonamides is 1. The van der Waals surface area contributed by atoms with E-state index in [1.54, 1.807) is 24.3 Å². The lowest BCUT2D eigenvalue weighted by atomic mass is 9.94. The number of halogens is 1. The predicted octanol–water partition coefficient (Wildman–Crippen LogP) is 2.64. The van der Waals surface area contributed by atoms with Crippen LogP contribution < -0.4 is 15.4 Å². The molecule has 2 aromatic rings. The van der Waals surface area contributed by atoms with Gasteiger partial charge in [0.25, 0.3) is 15.9 Å². The second-order valence-electron chi connectivity index (χ2n) is 6.55. The fourth-order valence-electron chi connectivity index (χ4n) is 2.94. The molecule has 1 aliphatic heterocycles. The third kappa shape index (κ3) is 5.45. The topological polar surface area (TPSA) is 87.3 Å². The molecule has 3 rings (SSSR count). The Labute approximate surface area is 166 Å². The predicted molar refractivity (Wildman–Crippen MR) is 109 cm³/mol. The lowest BCUT2D eigenvalue weighted by Gasteiger charge is -2.30. The first-order valence-electron chi connectivity index (χ1n) is 8.65. The van der Waals surface area contributed by atoms with Crippen molar-refractivity contribution in [3.05, 3.63) is 60.2 Å². The van der Waals surface area contributed by atoms with E-state index in [1.165, 1.54) is 24.3 Å². The van der Waals surface area contributed by atoms with Crippen molar-refractivity contribution in [2.24, 2.45) is 5.92 Å². The molecule has 3 N–H and O–H groups in total. The van der Waals surface area contributed by atoms with Gasteiger partial charge in [-0.15, -0.1) is 12.4 Å². The second kappa shape index (κ2) is 9.21. The van der Waals surface area contributed by atoms with Crippen LogP contribution in [-0.4, -0.2) is 33.5 Å². The minimum Gasteiger partial charge on any atom is -0.348 e. The Balaban J connectivity index is 0.00000261. The van der Waals surface area contributed by atoms with E-state index in [9.17, 15) is 13.2 Å². The summed E-state index contributed by atoms with van der Waals surface area (Å²) in [5.74, 6) is 0.223. The summed E-state index contributed by atoms with van der Waals surface area (Å²) in [5.41, 5.74) is 0.939. The highest BCUT2D eigenvalue weighted by atomic mass is 35.5. The number of amides is 1. The van der Waals surface area contributed by atoms with Gasteiger partial charge in [-0.2, -0.15) is 0 Å². The Morgan fingerprint density at radius 1 is 1.07 bits per heavy atom. The van der Waals surface area contributed by atoms with E-state index in [0.717, 1.165) is 19.5 Å². The highest BCUT2D eigenvalue weighted by molar-refractivity contribution is 7.92. The molecule has 1 amide bonds. The van der Waals surface area contributed by atoms with Gasteiger partial charge < -0.3 is 10.6 Å². The summed E-state index contributed by atoms with van der Waals surface area (Å²) in [6.45, 7) is 3.84. The molecule has 1 heterocycles. The molecule has 2 aromatic carbocycles. The summed E-state index contributed by atoms with van der Waals surface area (Å²) >= 11 is 0. The van der Waals surface area contributed by atoms with Crippen molar-refractivity contribution < 1.29 is 13.2 Å². The molecule has 2 unspecified atom stereocenters. The van der Waals surface area contributed by atoms with E-state index in [2.05, 4.69) is 22.3 Å². The lowest BCUT2D eigenvalue weighted by Crippen LogP contribution is -2.50. The van der Waals surface area contributed by atoms with Gasteiger partial charge in [0.1, 0.15) is 0 Å². The van der Waals surface area contributed by atoms with E-state index in [1.807, 2.05) is 6.07 Å². The van der Waals surface area contributed by atoms with E-state index < -0.39 is 10.0 Å². The zero-order chi connectivity index (χ0) is 18.6. The Hall–Kier alpha value is -2.09. The quantitative estimate of drug-likeness (QED) is 0.708. The number of carbonyl (C=O) groups excluding carboxylic acids is 1. The first kappa shape index (κ1) is 21.2. The standard InChI is InChI=1S/C19H23N3O3S.ClH/c1-14-11-12-20-13-18(14)21-19(23)15-7-9-17(10-8-15)26(24,25)22-16-5-3-2-4-6-16;/h2-10,14,18,20,22H,11-13H2,1H3,(H,21,23);1H. The van der Waals surface area contributed by atoms with Gasteiger partial charge in [0.05, 0.1) is 4.90 Å². The van der Waals surface area contributed by atoms with Crippen molar-refractivity contribution in [3.63, 3.8) is 0 Å². The first-order valence-corrected chi connectivity index (χ1v) is 10.1. The molecule has 146 valence electrons. The molecule has 1 aliphatic rings. The number of hydrogen-bond acceptors (Lipinski definition) is 4. The van der Waals surface area contributed by atoms with Gasteiger partial charge in [0, 0.05) is 23.8 Å². The van der Waals surface area contributed by atoms with Gasteiger partial charge in [-0.1, -0.05) is 25.1 Å². The largest absolute Gasteiger partial charge is 0.348 e. The van der Waals surface area contributed by atoms with Crippen molar-refractivity contribution in [2.75, 3.05) is 17.8 Å². The van der Waals surface area contributed by atoms with Gasteiger partial charge >= 0.3 is 0 Å². The Morgan fingerprint density at radius 3 is 2.37 bits per heavy atom. The van der Waals surface area contributed by atoms with Crippen LogP contribution in [0.25, 0.3) is 0 Å². The summed E-state index contributed by atoms with van der Waals surface area (Å²) < 4.78 is 27.4. The summed E-state index contributed by atoms with van der Waals surface area (Å²) in [4.78, 5) is 12.5. The number of benzene rings is 2. The zero-order valence-electron chi connectivity index (χ0n) is 15.0. The molecule has 0 radical (unpaired) electrons. The number of anilines is 1. The molecule has 0 saturated carbocycles. The Kier molecular flexibility index (Phi) is 7.24. The molecular weight excluding hydrogens is 386 g/mol. The molecule has 2 atom stereocenters. The van der Waals surface area contributed by atoms with E-state index in [4.69, 9.17) is 0 Å². The maximum Gasteiger partial charge on any atom is 0.261 e. The van der Waals surface area contributed by atoms with Crippen LogP contribution in [0.4, 0.5) is 5.69 Å². The smallest absolute Gasteiger partial charge is 0.261 e. The van der Waals surface area contributed by atoms with Gasteiger partial charge in [0.15, 0.2) is 0 Å². The molecule has 0 bridgehead atoms. The van der Waals surface area contributed by atoms with Crippen molar-refractivity contribution >= 4 is 34.0 Å². The Morgan fingerprint density at radius 2 is 1.74 bits per heavy atom. The van der Waals surface area contributed by atoms with Crippen molar-refractivity contribution in [1.29, 1.82) is 0 Å². The minimum atomic E-state index is -3.68. The van der Waals surface area contributed by atoms with Crippen molar-refractivity contribution in [2.45, 2.75) is 24.3 Å². The molecule has 1 saturated heterocycles. The maximum atomic E-state index is 12.4. The van der Waals surface area contributed by atoms with Crippen LogP contribution in [-0.2, 0) is 10.0 Å². The van der Waals surface area contributed by atoms with Gasteiger partial charge in [-0.05, 0) is 55.3 Å². The highest BCUT2D eigenvalue weighted by Crippen LogP contribution is 2.17. The van der Waals surface area contributed by atoms with E-state index >= 15 is 0 Å². The molecular formula is C19H24ClN3O3S. The summed E-state index contributed by atoms with van der Waals surface area (Å²) in [6.07, 6.45) is 1.02. The second-order valence-corrected chi connectivity index (χ2v) is 8.23. The molecule has 1 fully saturated rings. The molecule has 0 aliphatic carbocycles.